The third kappa shape index (κ3) is 3.25. The molecule has 78 valence electrons. The van der Waals surface area contributed by atoms with E-state index in [2.05, 4.69) is 18.7 Å². The molecular weight excluding hydrogens is 166 g/mol. The first-order valence-corrected chi connectivity index (χ1v) is 5.01. The van der Waals surface area contributed by atoms with Crippen LogP contribution in [0.2, 0.25) is 0 Å². The minimum Gasteiger partial charge on any atom is -0.396 e. The van der Waals surface area contributed by atoms with Crippen LogP contribution in [0, 0.1) is 11.3 Å². The minimum absolute atomic E-state index is 0.00958. The smallest absolute Gasteiger partial charge is 0.0494 e. The van der Waals surface area contributed by atoms with E-state index in [0.717, 1.165) is 26.1 Å². The van der Waals surface area contributed by atoms with Gasteiger partial charge in [0.2, 0.25) is 0 Å². The van der Waals surface area contributed by atoms with Crippen LogP contribution in [0.1, 0.15) is 20.3 Å². The zero-order chi connectivity index (χ0) is 9.90. The van der Waals surface area contributed by atoms with Crippen molar-refractivity contribution in [1.29, 1.82) is 0 Å². The highest BCUT2D eigenvalue weighted by molar-refractivity contribution is 4.80. The highest BCUT2D eigenvalue weighted by atomic mass is 16.3. The molecule has 1 unspecified atom stereocenters. The second-order valence-electron chi connectivity index (χ2n) is 4.89. The molecule has 3 heteroatoms. The second-order valence-corrected chi connectivity index (χ2v) is 4.89. The van der Waals surface area contributed by atoms with Gasteiger partial charge in [-0.05, 0) is 18.9 Å². The van der Waals surface area contributed by atoms with Crippen molar-refractivity contribution in [2.75, 3.05) is 32.8 Å². The number of nitrogens with zero attached hydrogens (tertiary/aromatic N) is 1. The molecule has 0 saturated carbocycles. The van der Waals surface area contributed by atoms with Crippen LogP contribution in [0.25, 0.3) is 0 Å². The molecule has 0 amide bonds. The maximum atomic E-state index is 9.10. The molecule has 1 atom stereocenters. The molecule has 3 nitrogen and oxygen atoms in total. The SMILES string of the molecule is CC(C)(CO)CN1CCC(CO)C1. The Balaban J connectivity index is 2.31. The summed E-state index contributed by atoms with van der Waals surface area (Å²) in [6.45, 7) is 7.65. The minimum atomic E-state index is -0.00958. The zero-order valence-corrected chi connectivity index (χ0v) is 8.66. The molecule has 1 aliphatic heterocycles. The van der Waals surface area contributed by atoms with Crippen LogP contribution in [-0.2, 0) is 0 Å². The van der Waals surface area contributed by atoms with Crippen LogP contribution in [-0.4, -0.2) is 48.0 Å². The molecule has 1 rings (SSSR count). The molecule has 1 fully saturated rings. The zero-order valence-electron chi connectivity index (χ0n) is 8.66. The summed E-state index contributed by atoms with van der Waals surface area (Å²) >= 11 is 0. The van der Waals surface area contributed by atoms with E-state index in [1.807, 2.05) is 0 Å². The summed E-state index contributed by atoms with van der Waals surface area (Å²) in [4.78, 5) is 2.33. The largest absolute Gasteiger partial charge is 0.396 e. The van der Waals surface area contributed by atoms with Crippen LogP contribution in [0.4, 0.5) is 0 Å². The molecule has 1 heterocycles. The molecule has 0 radical (unpaired) electrons. The summed E-state index contributed by atoms with van der Waals surface area (Å²) < 4.78 is 0. The Morgan fingerprint density at radius 2 is 2.08 bits per heavy atom. The van der Waals surface area contributed by atoms with E-state index < -0.39 is 0 Å². The molecule has 1 aliphatic rings. The van der Waals surface area contributed by atoms with Crippen molar-refractivity contribution in [2.45, 2.75) is 20.3 Å². The van der Waals surface area contributed by atoms with Gasteiger partial charge in [-0.3, -0.25) is 0 Å². The van der Waals surface area contributed by atoms with Gasteiger partial charge in [-0.1, -0.05) is 13.8 Å². The monoisotopic (exact) mass is 187 g/mol. The van der Waals surface area contributed by atoms with E-state index in [-0.39, 0.29) is 12.0 Å². The lowest BCUT2D eigenvalue weighted by Crippen LogP contribution is -2.35. The summed E-state index contributed by atoms with van der Waals surface area (Å²) in [6.07, 6.45) is 1.10. The molecule has 1 saturated heterocycles. The molecule has 13 heavy (non-hydrogen) atoms. The van der Waals surface area contributed by atoms with Gasteiger partial charge in [0, 0.05) is 31.7 Å². The van der Waals surface area contributed by atoms with Gasteiger partial charge in [0.15, 0.2) is 0 Å². The lowest BCUT2D eigenvalue weighted by atomic mass is 9.94. The molecule has 2 N–H and O–H groups in total. The van der Waals surface area contributed by atoms with Crippen LogP contribution >= 0.6 is 0 Å². The van der Waals surface area contributed by atoms with Crippen molar-refractivity contribution in [3.63, 3.8) is 0 Å². The summed E-state index contributed by atoms with van der Waals surface area (Å²) in [5, 5.41) is 18.1. The van der Waals surface area contributed by atoms with Crippen molar-refractivity contribution in [3.8, 4) is 0 Å². The summed E-state index contributed by atoms with van der Waals surface area (Å²) in [5.74, 6) is 0.453. The van der Waals surface area contributed by atoms with Gasteiger partial charge in [-0.25, -0.2) is 0 Å². The van der Waals surface area contributed by atoms with Crippen LogP contribution in [0.15, 0.2) is 0 Å². The van der Waals surface area contributed by atoms with Crippen LogP contribution in [0.3, 0.4) is 0 Å². The van der Waals surface area contributed by atoms with E-state index in [4.69, 9.17) is 10.2 Å². The summed E-state index contributed by atoms with van der Waals surface area (Å²) in [5.41, 5.74) is -0.00958. The number of hydrogen-bond acceptors (Lipinski definition) is 3. The Labute approximate surface area is 80.4 Å². The molecule has 0 aromatic rings. The molecule has 0 aromatic carbocycles. The van der Waals surface area contributed by atoms with Gasteiger partial charge in [0.1, 0.15) is 0 Å². The third-order valence-electron chi connectivity index (χ3n) is 2.71. The second kappa shape index (κ2) is 4.40. The number of aliphatic hydroxyl groups is 2. The van der Waals surface area contributed by atoms with Gasteiger partial charge in [0.25, 0.3) is 0 Å². The quantitative estimate of drug-likeness (QED) is 0.666. The predicted molar refractivity (Wildman–Crippen MR) is 52.5 cm³/mol. The molecule has 0 bridgehead atoms. The van der Waals surface area contributed by atoms with Crippen molar-refractivity contribution >= 4 is 0 Å². The fourth-order valence-corrected chi connectivity index (χ4v) is 1.86. The van der Waals surface area contributed by atoms with E-state index in [0.29, 0.717) is 12.5 Å². The van der Waals surface area contributed by atoms with E-state index in [1.54, 1.807) is 0 Å². The van der Waals surface area contributed by atoms with Gasteiger partial charge < -0.3 is 15.1 Å². The van der Waals surface area contributed by atoms with E-state index >= 15 is 0 Å². The van der Waals surface area contributed by atoms with E-state index in [9.17, 15) is 0 Å². The fourth-order valence-electron chi connectivity index (χ4n) is 1.86. The lowest BCUT2D eigenvalue weighted by Gasteiger charge is -2.28. The lowest BCUT2D eigenvalue weighted by molar-refractivity contribution is 0.110. The normalized spacial score (nSPS) is 25.4. The number of aliphatic hydroxyl groups excluding tert-OH is 2. The first-order valence-electron chi connectivity index (χ1n) is 5.01. The first kappa shape index (κ1) is 11.0. The van der Waals surface area contributed by atoms with Gasteiger partial charge in [-0.2, -0.15) is 0 Å². The topological polar surface area (TPSA) is 43.7 Å². The molecule has 0 aromatic heterocycles. The van der Waals surface area contributed by atoms with Crippen molar-refractivity contribution in [2.24, 2.45) is 11.3 Å². The summed E-state index contributed by atoms with van der Waals surface area (Å²) in [7, 11) is 0. The van der Waals surface area contributed by atoms with Crippen molar-refractivity contribution in [3.05, 3.63) is 0 Å². The predicted octanol–water partition coefficient (Wildman–Crippen LogP) is 0.319. The molecular formula is C10H21NO2. The van der Waals surface area contributed by atoms with Gasteiger partial charge >= 0.3 is 0 Å². The Bertz CT molecular complexity index is 159. The van der Waals surface area contributed by atoms with Crippen molar-refractivity contribution < 1.29 is 10.2 Å². The van der Waals surface area contributed by atoms with Gasteiger partial charge in [-0.15, -0.1) is 0 Å². The molecule has 0 spiro atoms. The average molecular weight is 187 g/mol. The fraction of sp³-hybridized carbons (Fsp3) is 1.00. The molecule has 0 aliphatic carbocycles. The maximum Gasteiger partial charge on any atom is 0.0494 e. The Morgan fingerprint density at radius 3 is 2.54 bits per heavy atom. The standard InChI is InChI=1S/C10H21NO2/c1-10(2,8-13)7-11-4-3-9(5-11)6-12/h9,12-13H,3-8H2,1-2H3. The van der Waals surface area contributed by atoms with Crippen LogP contribution in [0.5, 0.6) is 0 Å². The highest BCUT2D eigenvalue weighted by Gasteiger charge is 2.27. The number of hydrogen-bond donors (Lipinski definition) is 2. The van der Waals surface area contributed by atoms with Crippen molar-refractivity contribution in [1.82, 2.24) is 4.90 Å². The maximum absolute atomic E-state index is 9.10. The third-order valence-corrected chi connectivity index (χ3v) is 2.71. The number of likely N-dealkylation sites (tertiary alicyclic amines) is 1. The Hall–Kier alpha value is -0.120. The first-order chi connectivity index (χ1) is 6.07. The number of rotatable bonds is 4. The van der Waals surface area contributed by atoms with Gasteiger partial charge in [0.05, 0.1) is 0 Å². The average Bonchev–Trinajstić information content (AvgIpc) is 2.52. The Morgan fingerprint density at radius 1 is 1.38 bits per heavy atom. The van der Waals surface area contributed by atoms with E-state index in [1.165, 1.54) is 0 Å². The summed E-state index contributed by atoms with van der Waals surface area (Å²) in [6, 6.07) is 0. The Kier molecular flexibility index (Phi) is 3.71. The van der Waals surface area contributed by atoms with Crippen LogP contribution < -0.4 is 0 Å². The highest BCUT2D eigenvalue weighted by Crippen LogP contribution is 2.21.